The first-order valence-electron chi connectivity index (χ1n) is 4.70. The van der Waals surface area contributed by atoms with Crippen LogP contribution in [0.5, 0.6) is 0 Å². The van der Waals surface area contributed by atoms with Crippen molar-refractivity contribution in [1.82, 2.24) is 4.90 Å². The van der Waals surface area contributed by atoms with Crippen LogP contribution in [-0.4, -0.2) is 36.0 Å². The summed E-state index contributed by atoms with van der Waals surface area (Å²) in [6, 6.07) is 0. The zero-order valence-electron chi connectivity index (χ0n) is 8.58. The fraction of sp³-hybridized carbons (Fsp3) is 1.00. The molecule has 0 unspecified atom stereocenters. The van der Waals surface area contributed by atoms with Crippen molar-refractivity contribution in [2.75, 3.05) is 31.1 Å². The highest BCUT2D eigenvalue weighted by atomic mass is 32.1. The maximum atomic E-state index is 3.95. The number of hydrogen-bond donors (Lipinski definition) is 2. The van der Waals surface area contributed by atoms with Crippen molar-refractivity contribution in [3.63, 3.8) is 0 Å². The molecule has 0 bridgehead atoms. The van der Waals surface area contributed by atoms with E-state index in [0.717, 1.165) is 17.9 Å². The standard InChI is InChI=1S/C6H15N.C3H8S2/c1-4-7(5-2)6-3;4-2-1-3-5/h4-6H2,1-3H3;4-5H,1-3H2. The van der Waals surface area contributed by atoms with E-state index in [-0.39, 0.29) is 0 Å². The molecule has 0 radical (unpaired) electrons. The fourth-order valence-electron chi connectivity index (χ4n) is 0.742. The van der Waals surface area contributed by atoms with Crippen LogP contribution in [0.15, 0.2) is 0 Å². The molecule has 0 saturated carbocycles. The van der Waals surface area contributed by atoms with Gasteiger partial charge in [0.1, 0.15) is 0 Å². The summed E-state index contributed by atoms with van der Waals surface area (Å²) in [7, 11) is 0. The van der Waals surface area contributed by atoms with Crippen LogP contribution in [0.1, 0.15) is 27.2 Å². The van der Waals surface area contributed by atoms with Crippen molar-refractivity contribution < 1.29 is 0 Å². The van der Waals surface area contributed by atoms with E-state index in [9.17, 15) is 0 Å². The Bertz CT molecular complexity index is 58.0. The first kappa shape index (κ1) is 15.1. The Balaban J connectivity index is 0. The molecule has 0 aliphatic carbocycles. The molecule has 0 aromatic rings. The molecule has 0 spiro atoms. The van der Waals surface area contributed by atoms with Crippen LogP contribution in [0.3, 0.4) is 0 Å². The topological polar surface area (TPSA) is 3.24 Å². The van der Waals surface area contributed by atoms with Gasteiger partial charge in [-0.05, 0) is 37.6 Å². The quantitative estimate of drug-likeness (QED) is 0.658. The van der Waals surface area contributed by atoms with Gasteiger partial charge >= 0.3 is 0 Å². The second-order valence-electron chi connectivity index (χ2n) is 2.42. The van der Waals surface area contributed by atoms with Crippen LogP contribution in [0.2, 0.25) is 0 Å². The van der Waals surface area contributed by atoms with Crippen molar-refractivity contribution >= 4 is 25.3 Å². The molecule has 0 heterocycles. The molecule has 0 aliphatic rings. The molecule has 76 valence electrons. The van der Waals surface area contributed by atoms with Gasteiger partial charge in [-0.25, -0.2) is 0 Å². The first-order valence-corrected chi connectivity index (χ1v) is 5.97. The van der Waals surface area contributed by atoms with Crippen molar-refractivity contribution in [2.24, 2.45) is 0 Å². The smallest absolute Gasteiger partial charge is 0.00474 e. The van der Waals surface area contributed by atoms with Crippen LogP contribution < -0.4 is 0 Å². The summed E-state index contributed by atoms with van der Waals surface area (Å²) in [5, 5.41) is 0. The van der Waals surface area contributed by atoms with Crippen molar-refractivity contribution in [3.05, 3.63) is 0 Å². The van der Waals surface area contributed by atoms with Crippen LogP contribution >= 0.6 is 25.3 Å². The van der Waals surface area contributed by atoms with Crippen LogP contribution in [0, 0.1) is 0 Å². The molecule has 12 heavy (non-hydrogen) atoms. The average Bonchev–Trinajstić information content (AvgIpc) is 2.10. The highest BCUT2D eigenvalue weighted by molar-refractivity contribution is 7.81. The fourth-order valence-corrected chi connectivity index (χ4v) is 1.31. The second kappa shape index (κ2) is 14.2. The molecule has 0 fully saturated rings. The number of thiol groups is 2. The lowest BCUT2D eigenvalue weighted by Crippen LogP contribution is -2.21. The average molecular weight is 209 g/mol. The summed E-state index contributed by atoms with van der Waals surface area (Å²) in [5.74, 6) is 1.92. The minimum atomic E-state index is 0.962. The lowest BCUT2D eigenvalue weighted by atomic mass is 10.5. The van der Waals surface area contributed by atoms with Crippen LogP contribution in [-0.2, 0) is 0 Å². The number of hydrogen-bond acceptors (Lipinski definition) is 3. The third-order valence-corrected chi connectivity index (χ3v) is 2.29. The van der Waals surface area contributed by atoms with Gasteiger partial charge in [0, 0.05) is 0 Å². The monoisotopic (exact) mass is 209 g/mol. The molecule has 0 amide bonds. The lowest BCUT2D eigenvalue weighted by molar-refractivity contribution is 0.321. The molecule has 0 aromatic carbocycles. The molecule has 0 atom stereocenters. The van der Waals surface area contributed by atoms with Gasteiger partial charge in [-0.2, -0.15) is 25.3 Å². The van der Waals surface area contributed by atoms with E-state index in [4.69, 9.17) is 0 Å². The van der Waals surface area contributed by atoms with Gasteiger partial charge in [-0.15, -0.1) is 0 Å². The van der Waals surface area contributed by atoms with E-state index in [0.29, 0.717) is 0 Å². The zero-order chi connectivity index (χ0) is 9.82. The summed E-state index contributed by atoms with van der Waals surface area (Å²) in [6.45, 7) is 10.1. The van der Waals surface area contributed by atoms with Gasteiger partial charge in [-0.1, -0.05) is 20.8 Å². The maximum absolute atomic E-state index is 3.95. The van der Waals surface area contributed by atoms with E-state index in [2.05, 4.69) is 50.9 Å². The van der Waals surface area contributed by atoms with E-state index in [1.807, 2.05) is 0 Å². The van der Waals surface area contributed by atoms with Crippen molar-refractivity contribution in [1.29, 1.82) is 0 Å². The summed E-state index contributed by atoms with van der Waals surface area (Å²) >= 11 is 7.90. The predicted octanol–water partition coefficient (Wildman–Crippen LogP) is 2.58. The maximum Gasteiger partial charge on any atom is -0.00474 e. The Morgan fingerprint density at radius 3 is 1.17 bits per heavy atom. The third kappa shape index (κ3) is 13.3. The Morgan fingerprint density at radius 2 is 1.17 bits per heavy atom. The summed E-state index contributed by atoms with van der Waals surface area (Å²) in [6.07, 6.45) is 1.12. The van der Waals surface area contributed by atoms with Gasteiger partial charge in [0.15, 0.2) is 0 Å². The highest BCUT2D eigenvalue weighted by Gasteiger charge is 1.89. The Morgan fingerprint density at radius 1 is 0.833 bits per heavy atom. The Hall–Kier alpha value is 0.660. The number of rotatable bonds is 5. The van der Waals surface area contributed by atoms with Gasteiger partial charge in [0.05, 0.1) is 0 Å². The molecule has 1 nitrogen and oxygen atoms in total. The molecule has 3 heteroatoms. The van der Waals surface area contributed by atoms with Crippen LogP contribution in [0.4, 0.5) is 0 Å². The van der Waals surface area contributed by atoms with E-state index in [1.165, 1.54) is 19.6 Å². The Kier molecular flexibility index (Phi) is 17.9. The van der Waals surface area contributed by atoms with Crippen molar-refractivity contribution in [2.45, 2.75) is 27.2 Å². The molecule has 0 rings (SSSR count). The predicted molar refractivity (Wildman–Crippen MR) is 65.8 cm³/mol. The molecular weight excluding hydrogens is 186 g/mol. The van der Waals surface area contributed by atoms with E-state index < -0.39 is 0 Å². The van der Waals surface area contributed by atoms with Gasteiger partial charge < -0.3 is 4.90 Å². The van der Waals surface area contributed by atoms with E-state index >= 15 is 0 Å². The lowest BCUT2D eigenvalue weighted by Gasteiger charge is -2.13. The Labute approximate surface area is 88.7 Å². The van der Waals surface area contributed by atoms with Gasteiger partial charge in [0.2, 0.25) is 0 Å². The normalized spacial score (nSPS) is 9.50. The van der Waals surface area contributed by atoms with Crippen LogP contribution in [0.25, 0.3) is 0 Å². The SMILES string of the molecule is CCN(CC)CC.SCCCS. The molecule has 0 N–H and O–H groups in total. The minimum absolute atomic E-state index is 0.962. The first-order chi connectivity index (χ1) is 5.76. The molecular formula is C9H23NS2. The van der Waals surface area contributed by atoms with Crippen molar-refractivity contribution in [3.8, 4) is 0 Å². The third-order valence-electron chi connectivity index (χ3n) is 1.66. The minimum Gasteiger partial charge on any atom is -0.304 e. The summed E-state index contributed by atoms with van der Waals surface area (Å²) in [4.78, 5) is 2.38. The molecule has 0 saturated heterocycles. The summed E-state index contributed by atoms with van der Waals surface area (Å²) in [5.41, 5.74) is 0. The second-order valence-corrected chi connectivity index (χ2v) is 3.31. The van der Waals surface area contributed by atoms with E-state index in [1.54, 1.807) is 0 Å². The number of nitrogens with zero attached hydrogens (tertiary/aromatic N) is 1. The van der Waals surface area contributed by atoms with Gasteiger partial charge in [0.25, 0.3) is 0 Å². The highest BCUT2D eigenvalue weighted by Crippen LogP contribution is 1.83. The summed E-state index contributed by atoms with van der Waals surface area (Å²) < 4.78 is 0. The molecule has 0 aromatic heterocycles. The van der Waals surface area contributed by atoms with Gasteiger partial charge in [-0.3, -0.25) is 0 Å². The molecule has 0 aliphatic heterocycles. The zero-order valence-corrected chi connectivity index (χ0v) is 10.4. The largest absolute Gasteiger partial charge is 0.304 e.